The number of amides is 1. The lowest BCUT2D eigenvalue weighted by Gasteiger charge is -2.40. The second kappa shape index (κ2) is 10.3. The highest BCUT2D eigenvalue weighted by Gasteiger charge is 2.34. The van der Waals surface area contributed by atoms with Crippen LogP contribution in [0, 0.1) is 0 Å². The quantitative estimate of drug-likeness (QED) is 0.376. The highest BCUT2D eigenvalue weighted by atomic mass is 127. The van der Waals surface area contributed by atoms with E-state index in [4.69, 9.17) is 4.74 Å². The van der Waals surface area contributed by atoms with Gasteiger partial charge in [0.05, 0.1) is 6.04 Å². The second-order valence-electron chi connectivity index (χ2n) is 7.30. The molecule has 0 aromatic rings. The number of hydrogen-bond donors (Lipinski definition) is 2. The van der Waals surface area contributed by atoms with Crippen LogP contribution in [0.25, 0.3) is 0 Å². The maximum atomic E-state index is 11.9. The predicted molar refractivity (Wildman–Crippen MR) is 109 cm³/mol. The number of likely N-dealkylation sites (N-methyl/N-ethyl adjacent to an activating group) is 1. The van der Waals surface area contributed by atoms with Crippen molar-refractivity contribution in [2.45, 2.75) is 52.3 Å². The number of halogens is 1. The average molecular weight is 455 g/mol. The van der Waals surface area contributed by atoms with Crippen LogP contribution in [-0.2, 0) is 4.74 Å². The van der Waals surface area contributed by atoms with Crippen molar-refractivity contribution >= 4 is 36.0 Å². The van der Waals surface area contributed by atoms with Gasteiger partial charge in [-0.1, -0.05) is 0 Å². The third kappa shape index (κ3) is 8.36. The zero-order valence-electron chi connectivity index (χ0n) is 16.0. The van der Waals surface area contributed by atoms with Gasteiger partial charge in [-0.3, -0.25) is 4.99 Å². The van der Waals surface area contributed by atoms with Crippen LogP contribution >= 0.6 is 24.0 Å². The van der Waals surface area contributed by atoms with Crippen molar-refractivity contribution in [3.05, 3.63) is 0 Å². The largest absolute Gasteiger partial charge is 0.444 e. The van der Waals surface area contributed by atoms with E-state index in [1.807, 2.05) is 20.8 Å². The molecule has 1 heterocycles. The average Bonchev–Trinajstić information content (AvgIpc) is 2.37. The Morgan fingerprint density at radius 3 is 2.42 bits per heavy atom. The number of carbonyl (C=O) groups is 1. The first-order chi connectivity index (χ1) is 10.6. The van der Waals surface area contributed by atoms with Crippen LogP contribution in [0.3, 0.4) is 0 Å². The number of aliphatic imine (C=N–C) groups is 1. The summed E-state index contributed by atoms with van der Waals surface area (Å²) in [5, 5.41) is 6.62. The first-order valence-corrected chi connectivity index (χ1v) is 8.27. The van der Waals surface area contributed by atoms with E-state index in [0.29, 0.717) is 19.1 Å². The van der Waals surface area contributed by atoms with Crippen LogP contribution in [0.15, 0.2) is 4.99 Å². The molecule has 8 heteroatoms. The van der Waals surface area contributed by atoms with Gasteiger partial charge in [-0.05, 0) is 41.7 Å². The molecule has 2 N–H and O–H groups in total. The number of ether oxygens (including phenoxy) is 1. The van der Waals surface area contributed by atoms with Crippen LogP contribution in [0.2, 0.25) is 0 Å². The molecule has 142 valence electrons. The minimum absolute atomic E-state index is 0. The van der Waals surface area contributed by atoms with Crippen molar-refractivity contribution in [2.24, 2.45) is 4.99 Å². The molecule has 0 saturated carbocycles. The van der Waals surface area contributed by atoms with Crippen molar-refractivity contribution in [3.8, 4) is 0 Å². The topological polar surface area (TPSA) is 69.2 Å². The number of carbonyl (C=O) groups excluding carboxylic acids is 1. The monoisotopic (exact) mass is 455 g/mol. The van der Waals surface area contributed by atoms with Gasteiger partial charge in [0.2, 0.25) is 0 Å². The molecule has 0 aromatic carbocycles. The van der Waals surface area contributed by atoms with Crippen LogP contribution in [0.1, 0.15) is 34.6 Å². The zero-order chi connectivity index (χ0) is 17.6. The fraction of sp³-hybridized carbons (Fsp3) is 0.875. The van der Waals surface area contributed by atoms with Crippen LogP contribution in [0.5, 0.6) is 0 Å². The van der Waals surface area contributed by atoms with E-state index in [1.54, 1.807) is 11.9 Å². The van der Waals surface area contributed by atoms with Crippen LogP contribution in [0.4, 0.5) is 4.79 Å². The number of nitrogens with zero attached hydrogens (tertiary/aromatic N) is 3. The molecule has 1 rings (SSSR count). The minimum Gasteiger partial charge on any atom is -0.444 e. The van der Waals surface area contributed by atoms with E-state index < -0.39 is 5.60 Å². The summed E-state index contributed by atoms with van der Waals surface area (Å²) in [6, 6.07) is 0.748. The Kier molecular flexibility index (Phi) is 9.94. The Hall–Kier alpha value is -0.770. The second-order valence-corrected chi connectivity index (χ2v) is 7.30. The van der Waals surface area contributed by atoms with Gasteiger partial charge in [0.15, 0.2) is 5.96 Å². The smallest absolute Gasteiger partial charge is 0.410 e. The van der Waals surface area contributed by atoms with Crippen molar-refractivity contribution in [2.75, 3.05) is 40.3 Å². The first kappa shape index (κ1) is 23.2. The van der Waals surface area contributed by atoms with Crippen molar-refractivity contribution in [3.63, 3.8) is 0 Å². The predicted octanol–water partition coefficient (Wildman–Crippen LogP) is 1.73. The SMILES string of the molecule is CN=C(NCCN(C)C(C)C)NC1CN(C(=O)OC(C)(C)C)C1.I. The molecular formula is C16H34IN5O2. The van der Waals surface area contributed by atoms with Crippen molar-refractivity contribution < 1.29 is 9.53 Å². The Morgan fingerprint density at radius 1 is 1.38 bits per heavy atom. The molecule has 0 atom stereocenters. The zero-order valence-corrected chi connectivity index (χ0v) is 18.4. The van der Waals surface area contributed by atoms with E-state index in [-0.39, 0.29) is 36.1 Å². The summed E-state index contributed by atoms with van der Waals surface area (Å²) in [6.45, 7) is 13.0. The lowest BCUT2D eigenvalue weighted by Crippen LogP contribution is -2.63. The summed E-state index contributed by atoms with van der Waals surface area (Å²) < 4.78 is 5.34. The number of guanidine groups is 1. The van der Waals surface area contributed by atoms with E-state index in [9.17, 15) is 4.79 Å². The summed E-state index contributed by atoms with van der Waals surface area (Å²) in [5.74, 6) is 0.774. The maximum Gasteiger partial charge on any atom is 0.410 e. The molecule has 0 aliphatic carbocycles. The molecule has 0 bridgehead atoms. The molecule has 0 unspecified atom stereocenters. The molecule has 24 heavy (non-hydrogen) atoms. The Morgan fingerprint density at radius 2 is 1.96 bits per heavy atom. The molecule has 1 aliphatic heterocycles. The molecular weight excluding hydrogens is 421 g/mol. The van der Waals surface area contributed by atoms with E-state index in [2.05, 4.69) is 41.4 Å². The fourth-order valence-corrected chi connectivity index (χ4v) is 2.04. The third-order valence-corrected chi connectivity index (χ3v) is 3.74. The lowest BCUT2D eigenvalue weighted by molar-refractivity contribution is 0.00701. The summed E-state index contributed by atoms with van der Waals surface area (Å²) >= 11 is 0. The summed E-state index contributed by atoms with van der Waals surface area (Å²) in [6.07, 6.45) is -0.253. The maximum absolute atomic E-state index is 11.9. The molecule has 1 saturated heterocycles. The van der Waals surface area contributed by atoms with Gasteiger partial charge in [0.25, 0.3) is 0 Å². The number of nitrogens with one attached hydrogen (secondary N) is 2. The number of rotatable bonds is 5. The standard InChI is InChI=1S/C16H33N5O2.HI/c1-12(2)20(7)9-8-18-14(17-6)19-13-10-21(11-13)15(22)23-16(3,4)5;/h12-13H,8-11H2,1-7H3,(H2,17,18,19);1H. The Bertz CT molecular complexity index is 417. The fourth-order valence-electron chi connectivity index (χ4n) is 2.04. The molecule has 1 aliphatic rings. The van der Waals surface area contributed by atoms with Gasteiger partial charge in [-0.2, -0.15) is 0 Å². The van der Waals surface area contributed by atoms with E-state index in [1.165, 1.54) is 0 Å². The molecule has 0 aromatic heterocycles. The third-order valence-electron chi connectivity index (χ3n) is 3.74. The highest BCUT2D eigenvalue weighted by molar-refractivity contribution is 14.0. The van der Waals surface area contributed by atoms with E-state index in [0.717, 1.165) is 19.0 Å². The molecule has 0 radical (unpaired) electrons. The van der Waals surface area contributed by atoms with Crippen LogP contribution < -0.4 is 10.6 Å². The molecule has 1 fully saturated rings. The highest BCUT2D eigenvalue weighted by Crippen LogP contribution is 2.15. The number of likely N-dealkylation sites (tertiary alicyclic amines) is 1. The first-order valence-electron chi connectivity index (χ1n) is 8.27. The van der Waals surface area contributed by atoms with Gasteiger partial charge in [-0.15, -0.1) is 24.0 Å². The van der Waals surface area contributed by atoms with Crippen molar-refractivity contribution in [1.29, 1.82) is 0 Å². The van der Waals surface area contributed by atoms with Crippen molar-refractivity contribution in [1.82, 2.24) is 20.4 Å². The van der Waals surface area contributed by atoms with Gasteiger partial charge in [0.1, 0.15) is 5.60 Å². The normalized spacial score (nSPS) is 15.9. The Balaban J connectivity index is 0.00000529. The molecule has 7 nitrogen and oxygen atoms in total. The molecule has 1 amide bonds. The van der Waals surface area contributed by atoms with Gasteiger partial charge >= 0.3 is 6.09 Å². The van der Waals surface area contributed by atoms with Gasteiger partial charge in [-0.25, -0.2) is 4.79 Å². The summed E-state index contributed by atoms with van der Waals surface area (Å²) in [5.41, 5.74) is -0.449. The lowest BCUT2D eigenvalue weighted by atomic mass is 10.1. The summed E-state index contributed by atoms with van der Waals surface area (Å²) in [4.78, 5) is 20.1. The summed E-state index contributed by atoms with van der Waals surface area (Å²) in [7, 11) is 3.86. The minimum atomic E-state index is -0.449. The molecule has 0 spiro atoms. The number of hydrogen-bond acceptors (Lipinski definition) is 4. The van der Waals surface area contributed by atoms with Crippen LogP contribution in [-0.4, -0.2) is 79.8 Å². The van der Waals surface area contributed by atoms with Gasteiger partial charge < -0.3 is 25.2 Å². The van der Waals surface area contributed by atoms with E-state index >= 15 is 0 Å². The van der Waals surface area contributed by atoms with Gasteiger partial charge in [0, 0.05) is 39.3 Å². The Labute approximate surface area is 163 Å².